The van der Waals surface area contributed by atoms with Crippen LogP contribution in [0, 0.1) is 0 Å². The first-order valence-corrected chi connectivity index (χ1v) is 5.01. The molecule has 5 heteroatoms. The molecule has 78 valence electrons. The summed E-state index contributed by atoms with van der Waals surface area (Å²) >= 11 is 0. The number of hydrogen-bond donors (Lipinski definition) is 1. The summed E-state index contributed by atoms with van der Waals surface area (Å²) in [7, 11) is 1.88. The van der Waals surface area contributed by atoms with Crippen LogP contribution in [0.5, 0.6) is 0 Å². The Morgan fingerprint density at radius 1 is 1.71 bits per heavy atom. The molecule has 1 aliphatic rings. The van der Waals surface area contributed by atoms with Gasteiger partial charge in [0.05, 0.1) is 12.3 Å². The van der Waals surface area contributed by atoms with Gasteiger partial charge in [0, 0.05) is 32.4 Å². The predicted molar refractivity (Wildman–Crippen MR) is 51.7 cm³/mol. The number of hydrogen-bond acceptors (Lipinski definition) is 4. The molecule has 1 fully saturated rings. The molecule has 0 spiro atoms. The average Bonchev–Trinajstić information content (AvgIpc) is 2.63. The van der Waals surface area contributed by atoms with Crippen molar-refractivity contribution >= 4 is 0 Å². The molecule has 1 aromatic rings. The molecule has 2 heterocycles. The van der Waals surface area contributed by atoms with E-state index in [2.05, 4.69) is 15.6 Å². The van der Waals surface area contributed by atoms with Crippen molar-refractivity contribution in [2.24, 2.45) is 7.05 Å². The van der Waals surface area contributed by atoms with E-state index in [1.54, 1.807) is 4.68 Å². The van der Waals surface area contributed by atoms with Gasteiger partial charge in [-0.1, -0.05) is 5.21 Å². The van der Waals surface area contributed by atoms with Gasteiger partial charge in [-0.25, -0.2) is 0 Å². The zero-order valence-corrected chi connectivity index (χ0v) is 8.44. The topological polar surface area (TPSA) is 52.0 Å². The zero-order valence-electron chi connectivity index (χ0n) is 8.44. The first-order valence-electron chi connectivity index (χ1n) is 5.01. The van der Waals surface area contributed by atoms with Crippen molar-refractivity contribution in [3.05, 3.63) is 11.9 Å². The lowest BCUT2D eigenvalue weighted by molar-refractivity contribution is 0.0698. The van der Waals surface area contributed by atoms with Crippen molar-refractivity contribution < 1.29 is 4.74 Å². The third kappa shape index (κ3) is 2.52. The summed E-state index contributed by atoms with van der Waals surface area (Å²) < 4.78 is 7.09. The minimum atomic E-state index is 0.478. The van der Waals surface area contributed by atoms with Crippen LogP contribution in [0.1, 0.15) is 18.5 Å². The molecule has 0 saturated carbocycles. The molecule has 1 saturated heterocycles. The van der Waals surface area contributed by atoms with Gasteiger partial charge in [-0.2, -0.15) is 0 Å². The number of rotatable bonds is 3. The summed E-state index contributed by atoms with van der Waals surface area (Å²) in [6.07, 6.45) is 4.27. The Bertz CT molecular complexity index is 280. The van der Waals surface area contributed by atoms with Crippen LogP contribution in [0.4, 0.5) is 0 Å². The summed E-state index contributed by atoms with van der Waals surface area (Å²) in [6.45, 7) is 2.51. The van der Waals surface area contributed by atoms with Crippen molar-refractivity contribution in [2.45, 2.75) is 25.4 Å². The molecule has 1 N–H and O–H groups in total. The van der Waals surface area contributed by atoms with Crippen LogP contribution in [-0.4, -0.2) is 34.2 Å². The number of aryl methyl sites for hydroxylation is 1. The van der Waals surface area contributed by atoms with Gasteiger partial charge in [-0.05, 0) is 12.8 Å². The van der Waals surface area contributed by atoms with Crippen LogP contribution >= 0.6 is 0 Å². The lowest BCUT2D eigenvalue weighted by atomic mass is 10.1. The first-order chi connectivity index (χ1) is 6.84. The van der Waals surface area contributed by atoms with Crippen molar-refractivity contribution in [1.82, 2.24) is 20.3 Å². The van der Waals surface area contributed by atoms with E-state index in [4.69, 9.17) is 4.74 Å². The fraction of sp³-hybridized carbons (Fsp3) is 0.778. The lowest BCUT2D eigenvalue weighted by Crippen LogP contribution is -2.36. The van der Waals surface area contributed by atoms with E-state index in [0.717, 1.165) is 31.9 Å². The van der Waals surface area contributed by atoms with Crippen molar-refractivity contribution in [3.8, 4) is 0 Å². The van der Waals surface area contributed by atoms with E-state index in [1.807, 2.05) is 13.2 Å². The number of nitrogens with zero attached hydrogens (tertiary/aromatic N) is 3. The fourth-order valence-electron chi connectivity index (χ4n) is 1.63. The van der Waals surface area contributed by atoms with Crippen molar-refractivity contribution in [2.75, 3.05) is 13.2 Å². The third-order valence-electron chi connectivity index (χ3n) is 2.38. The number of ether oxygens (including phenoxy) is 1. The molecule has 1 aromatic heterocycles. The molecule has 0 radical (unpaired) electrons. The predicted octanol–water partition coefficient (Wildman–Crippen LogP) is 0.0837. The summed E-state index contributed by atoms with van der Waals surface area (Å²) in [5.41, 5.74) is 0.984. The first kappa shape index (κ1) is 9.61. The largest absolute Gasteiger partial charge is 0.380 e. The Balaban J connectivity index is 1.76. The highest BCUT2D eigenvalue weighted by Gasteiger charge is 2.13. The molecule has 0 amide bonds. The fourth-order valence-corrected chi connectivity index (χ4v) is 1.63. The molecular weight excluding hydrogens is 180 g/mol. The average molecular weight is 196 g/mol. The summed E-state index contributed by atoms with van der Waals surface area (Å²) in [5.74, 6) is 0. The van der Waals surface area contributed by atoms with Gasteiger partial charge in [0.2, 0.25) is 0 Å². The lowest BCUT2D eigenvalue weighted by Gasteiger charge is -2.22. The molecule has 1 aliphatic heterocycles. The summed E-state index contributed by atoms with van der Waals surface area (Å²) in [5, 5.41) is 11.3. The van der Waals surface area contributed by atoms with E-state index in [0.29, 0.717) is 6.04 Å². The number of aromatic nitrogens is 3. The Hall–Kier alpha value is -0.940. The van der Waals surface area contributed by atoms with Crippen LogP contribution < -0.4 is 5.32 Å². The van der Waals surface area contributed by atoms with Gasteiger partial charge in [0.15, 0.2) is 0 Å². The van der Waals surface area contributed by atoms with Gasteiger partial charge in [-0.15, -0.1) is 5.10 Å². The van der Waals surface area contributed by atoms with E-state index in [9.17, 15) is 0 Å². The molecular formula is C9H16N4O. The molecule has 0 unspecified atom stereocenters. The van der Waals surface area contributed by atoms with Crippen LogP contribution in [-0.2, 0) is 18.3 Å². The summed E-state index contributed by atoms with van der Waals surface area (Å²) in [6, 6.07) is 0.478. The van der Waals surface area contributed by atoms with Gasteiger partial charge < -0.3 is 10.1 Å². The normalized spacial score (nSPS) is 22.5. The van der Waals surface area contributed by atoms with Crippen molar-refractivity contribution in [1.29, 1.82) is 0 Å². The quantitative estimate of drug-likeness (QED) is 0.744. The van der Waals surface area contributed by atoms with E-state index in [-0.39, 0.29) is 0 Å². The molecule has 2 rings (SSSR count). The summed E-state index contributed by atoms with van der Waals surface area (Å²) in [4.78, 5) is 0. The number of nitrogens with one attached hydrogen (secondary N) is 1. The Kier molecular flexibility index (Phi) is 3.10. The SMILES string of the molecule is Cn1cc(CN[C@@H]2CCCOC2)nn1. The highest BCUT2D eigenvalue weighted by atomic mass is 16.5. The van der Waals surface area contributed by atoms with Gasteiger partial charge in [-0.3, -0.25) is 4.68 Å². The van der Waals surface area contributed by atoms with E-state index >= 15 is 0 Å². The van der Waals surface area contributed by atoms with Gasteiger partial charge in [0.1, 0.15) is 0 Å². The minimum absolute atomic E-state index is 0.478. The maximum atomic E-state index is 5.37. The Morgan fingerprint density at radius 2 is 2.64 bits per heavy atom. The van der Waals surface area contributed by atoms with Crippen LogP contribution in [0.3, 0.4) is 0 Å². The molecule has 14 heavy (non-hydrogen) atoms. The molecule has 0 aromatic carbocycles. The van der Waals surface area contributed by atoms with E-state index < -0.39 is 0 Å². The molecule has 5 nitrogen and oxygen atoms in total. The Labute approximate surface area is 83.4 Å². The third-order valence-corrected chi connectivity index (χ3v) is 2.38. The van der Waals surface area contributed by atoms with E-state index in [1.165, 1.54) is 6.42 Å². The van der Waals surface area contributed by atoms with Crippen LogP contribution in [0.2, 0.25) is 0 Å². The monoisotopic (exact) mass is 196 g/mol. The maximum Gasteiger partial charge on any atom is 0.0964 e. The second-order valence-corrected chi connectivity index (χ2v) is 3.68. The zero-order chi connectivity index (χ0) is 9.80. The Morgan fingerprint density at radius 3 is 3.29 bits per heavy atom. The standard InChI is InChI=1S/C9H16N4O/c1-13-6-9(11-12-13)5-10-8-3-2-4-14-7-8/h6,8,10H,2-5,7H2,1H3/t8-/m1/s1. The highest BCUT2D eigenvalue weighted by molar-refractivity contribution is 4.91. The smallest absolute Gasteiger partial charge is 0.0964 e. The van der Waals surface area contributed by atoms with Crippen LogP contribution in [0.25, 0.3) is 0 Å². The van der Waals surface area contributed by atoms with Crippen molar-refractivity contribution in [3.63, 3.8) is 0 Å². The molecule has 0 bridgehead atoms. The van der Waals surface area contributed by atoms with Gasteiger partial charge in [0.25, 0.3) is 0 Å². The molecule has 1 atom stereocenters. The maximum absolute atomic E-state index is 5.37. The van der Waals surface area contributed by atoms with Crippen LogP contribution in [0.15, 0.2) is 6.20 Å². The second-order valence-electron chi connectivity index (χ2n) is 3.68. The second kappa shape index (κ2) is 4.52. The molecule has 0 aliphatic carbocycles. The highest BCUT2D eigenvalue weighted by Crippen LogP contribution is 2.06. The minimum Gasteiger partial charge on any atom is -0.380 e. The van der Waals surface area contributed by atoms with Gasteiger partial charge >= 0.3 is 0 Å².